The van der Waals surface area contributed by atoms with E-state index >= 15 is 0 Å². The molecule has 0 unspecified atom stereocenters. The lowest BCUT2D eigenvalue weighted by Crippen LogP contribution is -1.77. The van der Waals surface area contributed by atoms with Crippen LogP contribution in [0, 0.1) is 0 Å². The Kier molecular flexibility index (Phi) is 5.74. The molecule has 0 spiro atoms. The molecule has 0 saturated heterocycles. The van der Waals surface area contributed by atoms with E-state index in [0.29, 0.717) is 5.69 Å². The Balaban J connectivity index is 0.000000292. The number of rotatable bonds is 1. The van der Waals surface area contributed by atoms with E-state index in [9.17, 15) is 4.79 Å². The first-order valence-electron chi connectivity index (χ1n) is 3.23. The first-order valence-corrected chi connectivity index (χ1v) is 5.50. The van der Waals surface area contributed by atoms with E-state index in [2.05, 4.69) is 15.7 Å². The number of isocyanates is 1. The van der Waals surface area contributed by atoms with Gasteiger partial charge in [-0.3, -0.25) is 4.55 Å². The van der Waals surface area contributed by atoms with Gasteiger partial charge in [0, 0.05) is 10.7 Å². The predicted octanol–water partition coefficient (Wildman–Crippen LogP) is 1.68. The normalized spacial score (nSPS) is 9.29. The molecular weight excluding hydrogens is 230 g/mol. The first-order chi connectivity index (χ1) is 6.43. The zero-order valence-corrected chi connectivity index (χ0v) is 8.36. The Labute approximate surface area is 85.3 Å². The maximum Gasteiger partial charge on any atom is 0.353 e. The molecule has 0 aromatic heterocycles. The van der Waals surface area contributed by atoms with Crippen molar-refractivity contribution in [2.45, 2.75) is 0 Å². The van der Waals surface area contributed by atoms with Crippen LogP contribution in [0.1, 0.15) is 0 Å². The Morgan fingerprint density at radius 1 is 1.29 bits per heavy atom. The van der Waals surface area contributed by atoms with Gasteiger partial charge in [0.05, 0.1) is 5.69 Å². The lowest BCUT2D eigenvalue weighted by atomic mass is 10.3. The largest absolute Gasteiger partial charge is 0.353 e. The summed E-state index contributed by atoms with van der Waals surface area (Å²) in [6, 6.07) is 8.98. The van der Waals surface area contributed by atoms with E-state index in [-0.39, 0.29) is 0 Å². The second-order valence-electron chi connectivity index (χ2n) is 1.95. The van der Waals surface area contributed by atoms with Gasteiger partial charge in [-0.2, -0.15) is 13.4 Å². The number of nitrogens with zero attached hydrogens (tertiary/aromatic N) is 1. The quantitative estimate of drug-likeness (QED) is 0.347. The highest BCUT2D eigenvalue weighted by Crippen LogP contribution is 2.06. The number of halogens is 1. The van der Waals surface area contributed by atoms with E-state index < -0.39 is 9.33 Å². The van der Waals surface area contributed by atoms with Crippen LogP contribution in [0.3, 0.4) is 0 Å². The topological polar surface area (TPSA) is 83.8 Å². The third kappa shape index (κ3) is 10.8. The number of hydrogen-bond acceptors (Lipinski definition) is 4. The van der Waals surface area contributed by atoms with Crippen molar-refractivity contribution < 1.29 is 17.8 Å². The number of hydrogen-bond donors (Lipinski definition) is 1. The molecule has 0 aliphatic carbocycles. The third-order valence-electron chi connectivity index (χ3n) is 0.931. The molecule has 5 nitrogen and oxygen atoms in total. The zero-order valence-electron chi connectivity index (χ0n) is 6.79. The van der Waals surface area contributed by atoms with Gasteiger partial charge < -0.3 is 0 Å². The Bertz CT molecular complexity index is 403. The molecule has 0 radical (unpaired) electrons. The second-order valence-corrected chi connectivity index (χ2v) is 3.94. The van der Waals surface area contributed by atoms with Gasteiger partial charge in [-0.15, -0.1) is 0 Å². The summed E-state index contributed by atoms with van der Waals surface area (Å²) < 4.78 is 25.2. The van der Waals surface area contributed by atoms with Crippen LogP contribution >= 0.6 is 10.7 Å². The Morgan fingerprint density at radius 2 is 1.71 bits per heavy atom. The van der Waals surface area contributed by atoms with Crippen molar-refractivity contribution in [2.24, 2.45) is 4.99 Å². The van der Waals surface area contributed by atoms with Crippen LogP contribution in [0.5, 0.6) is 0 Å². The molecule has 7 heteroatoms. The molecule has 76 valence electrons. The third-order valence-corrected chi connectivity index (χ3v) is 0.931. The molecule has 0 heterocycles. The van der Waals surface area contributed by atoms with E-state index in [1.54, 1.807) is 12.1 Å². The van der Waals surface area contributed by atoms with Crippen LogP contribution in [0.25, 0.3) is 0 Å². The van der Waals surface area contributed by atoms with Gasteiger partial charge >= 0.3 is 9.33 Å². The van der Waals surface area contributed by atoms with E-state index in [4.69, 9.17) is 13.0 Å². The molecule has 1 aromatic rings. The molecule has 1 aromatic carbocycles. The maximum atomic E-state index is 9.68. The van der Waals surface area contributed by atoms with Crippen molar-refractivity contribution in [3.63, 3.8) is 0 Å². The molecule has 1 N–H and O–H groups in total. The number of carbonyl (C=O) groups excluding carboxylic acids is 1. The van der Waals surface area contributed by atoms with Crippen LogP contribution in [0.4, 0.5) is 5.69 Å². The van der Waals surface area contributed by atoms with E-state index in [0.717, 1.165) is 0 Å². The molecule has 0 aliphatic rings. The highest BCUT2D eigenvalue weighted by molar-refractivity contribution is 8.09. The average molecular weight is 236 g/mol. The number of benzene rings is 1. The first kappa shape index (κ1) is 12.8. The van der Waals surface area contributed by atoms with Crippen molar-refractivity contribution >= 4 is 31.8 Å². The van der Waals surface area contributed by atoms with Gasteiger partial charge in [0.2, 0.25) is 6.08 Å². The van der Waals surface area contributed by atoms with Gasteiger partial charge in [-0.05, 0) is 12.1 Å². The lowest BCUT2D eigenvalue weighted by Gasteiger charge is -1.83. The van der Waals surface area contributed by atoms with Crippen molar-refractivity contribution in [1.29, 1.82) is 0 Å². The van der Waals surface area contributed by atoms with Crippen LogP contribution in [-0.2, 0) is 14.1 Å². The van der Waals surface area contributed by atoms with Crippen molar-refractivity contribution in [3.05, 3.63) is 30.3 Å². The summed E-state index contributed by atoms with van der Waals surface area (Å²) in [6.07, 6.45) is 1.46. The summed E-state index contributed by atoms with van der Waals surface area (Å²) in [5, 5.41) is 0. The van der Waals surface area contributed by atoms with E-state index in [1.165, 1.54) is 6.08 Å². The van der Waals surface area contributed by atoms with Gasteiger partial charge in [0.1, 0.15) is 0 Å². The molecule has 14 heavy (non-hydrogen) atoms. The highest BCUT2D eigenvalue weighted by atomic mass is 35.7. The molecule has 0 atom stereocenters. The molecule has 0 fully saturated rings. The summed E-state index contributed by atoms with van der Waals surface area (Å²) in [4.78, 5) is 13.1. The fourth-order valence-electron chi connectivity index (χ4n) is 0.555. The van der Waals surface area contributed by atoms with Crippen LogP contribution in [-0.4, -0.2) is 19.1 Å². The fourth-order valence-corrected chi connectivity index (χ4v) is 0.555. The Morgan fingerprint density at radius 3 is 2.07 bits per heavy atom. The number of para-hydroxylation sites is 1. The highest BCUT2D eigenvalue weighted by Gasteiger charge is 1.86. The van der Waals surface area contributed by atoms with Crippen LogP contribution in [0.2, 0.25) is 0 Å². The van der Waals surface area contributed by atoms with Crippen molar-refractivity contribution in [1.82, 2.24) is 0 Å². The molecule has 0 amide bonds. The fraction of sp³-hybridized carbons (Fsp3) is 0. The van der Waals surface area contributed by atoms with Gasteiger partial charge in [-0.25, -0.2) is 4.79 Å². The van der Waals surface area contributed by atoms with Crippen molar-refractivity contribution in [3.8, 4) is 0 Å². The minimum absolute atomic E-state index is 0.646. The summed E-state index contributed by atoms with van der Waals surface area (Å²) in [6.45, 7) is 0. The second kappa shape index (κ2) is 6.28. The standard InChI is InChI=1S/C7H5NO.ClHO3S/c9-6-8-7-4-2-1-3-5-7;1-5(2,3)4/h1-5H;(H,2,3,4). The lowest BCUT2D eigenvalue weighted by molar-refractivity contribution is 0.501. The average Bonchev–Trinajstić information content (AvgIpc) is 2.03. The Hall–Kier alpha value is -1.20. The monoisotopic (exact) mass is 235 g/mol. The van der Waals surface area contributed by atoms with Gasteiger partial charge in [0.15, 0.2) is 0 Å². The van der Waals surface area contributed by atoms with Gasteiger partial charge in [0.25, 0.3) is 0 Å². The summed E-state index contributed by atoms with van der Waals surface area (Å²) in [5.41, 5.74) is 0.646. The molecule has 0 bridgehead atoms. The predicted molar refractivity (Wildman–Crippen MR) is 51.6 cm³/mol. The molecule has 0 aliphatic heterocycles. The van der Waals surface area contributed by atoms with Crippen LogP contribution in [0.15, 0.2) is 35.3 Å². The molecule has 0 saturated carbocycles. The summed E-state index contributed by atoms with van der Waals surface area (Å²) in [7, 11) is -0.137. The maximum absolute atomic E-state index is 9.68. The van der Waals surface area contributed by atoms with Gasteiger partial charge in [-0.1, -0.05) is 18.2 Å². The minimum Gasteiger partial charge on any atom is -0.273 e. The molecule has 1 rings (SSSR count). The van der Waals surface area contributed by atoms with E-state index in [1.807, 2.05) is 18.2 Å². The van der Waals surface area contributed by atoms with Crippen molar-refractivity contribution in [2.75, 3.05) is 0 Å². The summed E-state index contributed by atoms with van der Waals surface area (Å²) >= 11 is 0. The minimum atomic E-state index is -4.19. The summed E-state index contributed by atoms with van der Waals surface area (Å²) in [5.74, 6) is 0. The smallest absolute Gasteiger partial charge is 0.273 e. The molecular formula is C7H6ClNO4S. The SMILES string of the molecule is O=C=Nc1ccccc1.O=S(=O)(O)Cl. The number of aliphatic imine (C=N–C) groups is 1. The van der Waals surface area contributed by atoms with Crippen LogP contribution < -0.4 is 0 Å². The zero-order chi connectivity index (χ0) is 11.0.